The summed E-state index contributed by atoms with van der Waals surface area (Å²) in [5.74, 6) is -0.692. The molecule has 0 amide bonds. The molecule has 0 aliphatic rings. The highest BCUT2D eigenvalue weighted by Gasteiger charge is 2.12. The Morgan fingerprint density at radius 3 is 2.67 bits per heavy atom. The van der Waals surface area contributed by atoms with Gasteiger partial charge in [-0.25, -0.2) is 8.78 Å². The number of benzene rings is 2. The van der Waals surface area contributed by atoms with Gasteiger partial charge in [0.25, 0.3) is 0 Å². The van der Waals surface area contributed by atoms with E-state index in [9.17, 15) is 8.78 Å². The zero-order chi connectivity index (χ0) is 15.1. The predicted molar refractivity (Wildman–Crippen MR) is 87.6 cm³/mol. The molecule has 1 N–H and O–H groups in total. The van der Waals surface area contributed by atoms with Gasteiger partial charge in [-0.1, -0.05) is 0 Å². The molecule has 0 unspecified atom stereocenters. The summed E-state index contributed by atoms with van der Waals surface area (Å²) in [5, 5.41) is 0. The fourth-order valence-corrected chi connectivity index (χ4v) is 2.93. The van der Waals surface area contributed by atoms with Crippen LogP contribution < -0.4 is 4.74 Å². The number of aromatic nitrogens is 2. The Hall–Kier alpha value is -1.48. The topological polar surface area (TPSA) is 29.9 Å². The van der Waals surface area contributed by atoms with Gasteiger partial charge in [0.1, 0.15) is 5.82 Å². The van der Waals surface area contributed by atoms with E-state index in [1.165, 1.54) is 25.3 Å². The Morgan fingerprint density at radius 1 is 1.19 bits per heavy atom. The number of rotatable bonds is 2. The third kappa shape index (κ3) is 2.44. The van der Waals surface area contributed by atoms with E-state index in [0.717, 1.165) is 0 Å². The van der Waals surface area contributed by atoms with Gasteiger partial charge in [0.05, 0.1) is 27.4 Å². The predicted octanol–water partition coefficient (Wildman–Crippen LogP) is 4.58. The Labute approximate surface area is 137 Å². The maximum Gasteiger partial charge on any atom is 0.182 e. The Morgan fingerprint density at radius 2 is 1.95 bits per heavy atom. The van der Waals surface area contributed by atoms with Crippen LogP contribution in [0.1, 0.15) is 0 Å². The van der Waals surface area contributed by atoms with Gasteiger partial charge < -0.3 is 9.72 Å². The SMILES string of the molecule is COc1cc(-n2c(=S)[nH]c3cc(I)c(F)cc32)ccc1F. The zero-order valence-corrected chi connectivity index (χ0v) is 13.8. The maximum absolute atomic E-state index is 13.8. The van der Waals surface area contributed by atoms with Gasteiger partial charge in [-0.3, -0.25) is 4.57 Å². The molecular formula is C14H9F2IN2OS. The summed E-state index contributed by atoms with van der Waals surface area (Å²) in [6.07, 6.45) is 0. The third-order valence-corrected chi connectivity index (χ3v) is 4.23. The lowest BCUT2D eigenvalue weighted by atomic mass is 10.2. The summed E-state index contributed by atoms with van der Waals surface area (Å²) in [6, 6.07) is 7.46. The summed E-state index contributed by atoms with van der Waals surface area (Å²) < 4.78 is 34.8. The number of fused-ring (bicyclic) bond motifs is 1. The second kappa shape index (κ2) is 5.38. The second-order valence-electron chi connectivity index (χ2n) is 4.37. The molecule has 3 rings (SSSR count). The number of hydrogen-bond donors (Lipinski definition) is 1. The van der Waals surface area contributed by atoms with Crippen molar-refractivity contribution < 1.29 is 13.5 Å². The first-order valence-corrected chi connectivity index (χ1v) is 7.43. The monoisotopic (exact) mass is 418 g/mol. The molecule has 1 aromatic heterocycles. The average molecular weight is 418 g/mol. The largest absolute Gasteiger partial charge is 0.494 e. The summed E-state index contributed by atoms with van der Waals surface area (Å²) in [7, 11) is 1.39. The molecule has 0 fully saturated rings. The lowest BCUT2D eigenvalue weighted by Crippen LogP contribution is -1.97. The summed E-state index contributed by atoms with van der Waals surface area (Å²) >= 11 is 7.20. The Bertz CT molecular complexity index is 904. The van der Waals surface area contributed by atoms with Gasteiger partial charge in [0, 0.05) is 12.1 Å². The van der Waals surface area contributed by atoms with Crippen LogP contribution in [0.15, 0.2) is 30.3 Å². The molecule has 2 aromatic carbocycles. The van der Waals surface area contributed by atoms with Crippen molar-refractivity contribution in [2.24, 2.45) is 0 Å². The van der Waals surface area contributed by atoms with Crippen LogP contribution in [0.25, 0.3) is 16.7 Å². The molecule has 108 valence electrons. The molecule has 0 saturated carbocycles. The number of nitrogens with one attached hydrogen (secondary N) is 1. The number of aromatic amines is 1. The molecular weight excluding hydrogens is 409 g/mol. The van der Waals surface area contributed by atoms with Crippen molar-refractivity contribution >= 4 is 45.8 Å². The van der Waals surface area contributed by atoms with Crippen molar-refractivity contribution in [1.29, 1.82) is 0 Å². The smallest absolute Gasteiger partial charge is 0.182 e. The molecule has 0 bridgehead atoms. The molecule has 0 saturated heterocycles. The first-order valence-electron chi connectivity index (χ1n) is 5.95. The number of nitrogens with zero attached hydrogens (tertiary/aromatic N) is 1. The first kappa shape index (κ1) is 14.5. The summed E-state index contributed by atoms with van der Waals surface area (Å²) in [6.45, 7) is 0. The van der Waals surface area contributed by atoms with Gasteiger partial charge in [0.15, 0.2) is 16.3 Å². The average Bonchev–Trinajstić information content (AvgIpc) is 2.75. The van der Waals surface area contributed by atoms with Crippen molar-refractivity contribution in [3.63, 3.8) is 0 Å². The molecule has 0 atom stereocenters. The molecule has 3 nitrogen and oxygen atoms in total. The van der Waals surface area contributed by atoms with Gasteiger partial charge in [-0.2, -0.15) is 0 Å². The molecule has 3 aromatic rings. The maximum atomic E-state index is 13.8. The Balaban J connectivity index is 2.32. The quantitative estimate of drug-likeness (QED) is 0.488. The Kier molecular flexibility index (Phi) is 3.70. The molecule has 0 aliphatic heterocycles. The fraction of sp³-hybridized carbons (Fsp3) is 0.0714. The van der Waals surface area contributed by atoms with E-state index < -0.39 is 5.82 Å². The van der Waals surface area contributed by atoms with Gasteiger partial charge in [0.2, 0.25) is 0 Å². The third-order valence-electron chi connectivity index (χ3n) is 3.12. The van der Waals surface area contributed by atoms with E-state index in [2.05, 4.69) is 4.98 Å². The number of halogens is 3. The second-order valence-corrected chi connectivity index (χ2v) is 5.92. The van der Waals surface area contributed by atoms with E-state index in [4.69, 9.17) is 17.0 Å². The van der Waals surface area contributed by atoms with Gasteiger partial charge in [-0.05, 0) is 53.0 Å². The van der Waals surface area contributed by atoms with Crippen molar-refractivity contribution in [2.45, 2.75) is 0 Å². The van der Waals surface area contributed by atoms with Crippen molar-refractivity contribution in [2.75, 3.05) is 7.11 Å². The van der Waals surface area contributed by atoms with Crippen LogP contribution in [0.4, 0.5) is 8.78 Å². The standard InChI is InChI=1S/C14H9F2IN2OS/c1-20-13-4-7(2-3-8(13)15)19-12-5-9(16)10(17)6-11(12)18-14(19)21/h2-6H,1H3,(H,18,21). The molecule has 0 radical (unpaired) electrons. The number of H-pyrrole nitrogens is 1. The van der Waals surface area contributed by atoms with E-state index in [1.54, 1.807) is 16.7 Å². The van der Waals surface area contributed by atoms with Crippen LogP contribution in [-0.4, -0.2) is 16.7 Å². The van der Waals surface area contributed by atoms with Crippen molar-refractivity contribution in [3.05, 3.63) is 50.3 Å². The van der Waals surface area contributed by atoms with Crippen LogP contribution in [0.5, 0.6) is 5.75 Å². The zero-order valence-electron chi connectivity index (χ0n) is 10.8. The highest BCUT2D eigenvalue weighted by Crippen LogP contribution is 2.26. The minimum absolute atomic E-state index is 0.106. The summed E-state index contributed by atoms with van der Waals surface area (Å²) in [5.41, 5.74) is 1.91. The van der Waals surface area contributed by atoms with Crippen LogP contribution >= 0.6 is 34.8 Å². The van der Waals surface area contributed by atoms with Crippen LogP contribution in [0.2, 0.25) is 0 Å². The van der Waals surface area contributed by atoms with Gasteiger partial charge >= 0.3 is 0 Å². The minimum atomic E-state index is -0.465. The van der Waals surface area contributed by atoms with Gasteiger partial charge in [-0.15, -0.1) is 0 Å². The molecule has 0 spiro atoms. The molecule has 21 heavy (non-hydrogen) atoms. The lowest BCUT2D eigenvalue weighted by molar-refractivity contribution is 0.386. The van der Waals surface area contributed by atoms with Crippen LogP contribution in [-0.2, 0) is 0 Å². The molecule has 1 heterocycles. The highest BCUT2D eigenvalue weighted by atomic mass is 127. The van der Waals surface area contributed by atoms with Crippen molar-refractivity contribution in [3.8, 4) is 11.4 Å². The minimum Gasteiger partial charge on any atom is -0.494 e. The fourth-order valence-electron chi connectivity index (χ4n) is 2.15. The first-order chi connectivity index (χ1) is 10.0. The lowest BCUT2D eigenvalue weighted by Gasteiger charge is -2.08. The van der Waals surface area contributed by atoms with E-state index in [-0.39, 0.29) is 11.6 Å². The van der Waals surface area contributed by atoms with E-state index in [0.29, 0.717) is 25.1 Å². The number of imidazole rings is 1. The molecule has 0 aliphatic carbocycles. The van der Waals surface area contributed by atoms with Crippen molar-refractivity contribution in [1.82, 2.24) is 9.55 Å². The number of methoxy groups -OCH3 is 1. The molecule has 7 heteroatoms. The van der Waals surface area contributed by atoms with Crippen LogP contribution in [0.3, 0.4) is 0 Å². The number of ether oxygens (including phenoxy) is 1. The van der Waals surface area contributed by atoms with E-state index in [1.807, 2.05) is 22.6 Å². The highest BCUT2D eigenvalue weighted by molar-refractivity contribution is 14.1. The normalized spacial score (nSPS) is 11.0. The van der Waals surface area contributed by atoms with E-state index >= 15 is 0 Å². The van der Waals surface area contributed by atoms with Crippen LogP contribution in [0, 0.1) is 20.0 Å². The number of hydrogen-bond acceptors (Lipinski definition) is 2. The summed E-state index contributed by atoms with van der Waals surface area (Å²) in [4.78, 5) is 3.02.